The summed E-state index contributed by atoms with van der Waals surface area (Å²) >= 11 is 0. The van der Waals surface area contributed by atoms with E-state index < -0.39 is 0 Å². The number of hydrogen-bond donors (Lipinski definition) is 0. The summed E-state index contributed by atoms with van der Waals surface area (Å²) < 4.78 is 0. The van der Waals surface area contributed by atoms with E-state index in [1.165, 1.54) is 5.56 Å². The number of carbonyl (C=O) groups excluding carboxylic acids is 1. The third kappa shape index (κ3) is 5.91. The molecule has 0 bridgehead atoms. The number of benzene rings is 1. The van der Waals surface area contributed by atoms with Gasteiger partial charge in [-0.05, 0) is 24.3 Å². The molecule has 0 N–H and O–H groups in total. The van der Waals surface area contributed by atoms with Gasteiger partial charge in [0.15, 0.2) is 0 Å². The second kappa shape index (κ2) is 7.32. The lowest BCUT2D eigenvalue weighted by Crippen LogP contribution is -2.37. The molecule has 19 heavy (non-hydrogen) atoms. The van der Waals surface area contributed by atoms with Gasteiger partial charge in [-0.2, -0.15) is 0 Å². The van der Waals surface area contributed by atoms with Crippen LogP contribution in [0.15, 0.2) is 24.3 Å². The van der Waals surface area contributed by atoms with Crippen LogP contribution in [-0.4, -0.2) is 23.9 Å². The average molecular weight is 261 g/mol. The highest BCUT2D eigenvalue weighted by Crippen LogP contribution is 2.09. The van der Waals surface area contributed by atoms with Crippen molar-refractivity contribution >= 4 is 5.91 Å². The van der Waals surface area contributed by atoms with Crippen molar-refractivity contribution in [3.8, 4) is 0 Å². The van der Waals surface area contributed by atoms with Crippen molar-refractivity contribution in [2.75, 3.05) is 13.1 Å². The molecule has 0 atom stereocenters. The zero-order valence-electron chi connectivity index (χ0n) is 12.9. The molecular weight excluding hydrogens is 234 g/mol. The van der Waals surface area contributed by atoms with Crippen LogP contribution in [0.4, 0.5) is 0 Å². The normalized spacial score (nSPS) is 11.1. The Morgan fingerprint density at radius 2 is 1.47 bits per heavy atom. The molecule has 0 unspecified atom stereocenters. The van der Waals surface area contributed by atoms with E-state index >= 15 is 0 Å². The van der Waals surface area contributed by atoms with Crippen LogP contribution in [0, 0.1) is 18.8 Å². The zero-order chi connectivity index (χ0) is 14.4. The van der Waals surface area contributed by atoms with Gasteiger partial charge in [-0.3, -0.25) is 4.79 Å². The lowest BCUT2D eigenvalue weighted by molar-refractivity contribution is -0.131. The summed E-state index contributed by atoms with van der Waals surface area (Å²) in [5, 5.41) is 0. The van der Waals surface area contributed by atoms with Crippen LogP contribution in [0.3, 0.4) is 0 Å². The molecule has 0 fully saturated rings. The number of amides is 1. The van der Waals surface area contributed by atoms with E-state index in [9.17, 15) is 4.79 Å². The first-order chi connectivity index (χ1) is 8.88. The lowest BCUT2D eigenvalue weighted by atomic mass is 10.1. The number of hydrogen-bond acceptors (Lipinski definition) is 1. The van der Waals surface area contributed by atoms with Gasteiger partial charge in [0.2, 0.25) is 5.91 Å². The summed E-state index contributed by atoms with van der Waals surface area (Å²) in [4.78, 5) is 14.4. The van der Waals surface area contributed by atoms with Gasteiger partial charge in [-0.15, -0.1) is 0 Å². The maximum Gasteiger partial charge on any atom is 0.227 e. The van der Waals surface area contributed by atoms with Crippen LogP contribution < -0.4 is 0 Å². The fraction of sp³-hybridized carbons (Fsp3) is 0.588. The molecule has 106 valence electrons. The summed E-state index contributed by atoms with van der Waals surface area (Å²) in [6.07, 6.45) is 0.514. The van der Waals surface area contributed by atoms with E-state index in [4.69, 9.17) is 0 Å². The second-order valence-electron chi connectivity index (χ2n) is 6.25. The molecule has 1 aromatic carbocycles. The first-order valence-corrected chi connectivity index (χ1v) is 7.21. The largest absolute Gasteiger partial charge is 0.342 e. The monoisotopic (exact) mass is 261 g/mol. The molecule has 0 radical (unpaired) electrons. The predicted octanol–water partition coefficient (Wildman–Crippen LogP) is 3.68. The van der Waals surface area contributed by atoms with E-state index in [1.54, 1.807) is 0 Å². The summed E-state index contributed by atoms with van der Waals surface area (Å²) in [6.45, 7) is 12.4. The highest BCUT2D eigenvalue weighted by atomic mass is 16.2. The van der Waals surface area contributed by atoms with Crippen LogP contribution in [0.1, 0.15) is 38.8 Å². The average Bonchev–Trinajstić information content (AvgIpc) is 2.30. The second-order valence-corrected chi connectivity index (χ2v) is 6.25. The minimum Gasteiger partial charge on any atom is -0.342 e. The molecule has 2 nitrogen and oxygen atoms in total. The molecule has 2 heteroatoms. The third-order valence-corrected chi connectivity index (χ3v) is 3.00. The van der Waals surface area contributed by atoms with E-state index in [0.29, 0.717) is 18.3 Å². The van der Waals surface area contributed by atoms with E-state index in [-0.39, 0.29) is 5.91 Å². The maximum absolute atomic E-state index is 12.4. The first-order valence-electron chi connectivity index (χ1n) is 7.21. The van der Waals surface area contributed by atoms with Crippen molar-refractivity contribution in [2.24, 2.45) is 11.8 Å². The van der Waals surface area contributed by atoms with Gasteiger partial charge in [0.25, 0.3) is 0 Å². The van der Waals surface area contributed by atoms with E-state index in [1.807, 2.05) is 4.90 Å². The topological polar surface area (TPSA) is 20.3 Å². The van der Waals surface area contributed by atoms with Crippen molar-refractivity contribution in [1.82, 2.24) is 4.90 Å². The molecule has 0 aliphatic rings. The van der Waals surface area contributed by atoms with Crippen LogP contribution in [-0.2, 0) is 11.2 Å². The molecule has 0 saturated heterocycles. The number of rotatable bonds is 6. The van der Waals surface area contributed by atoms with Crippen molar-refractivity contribution in [2.45, 2.75) is 41.0 Å². The Labute approximate surface area is 117 Å². The Hall–Kier alpha value is -1.31. The van der Waals surface area contributed by atoms with E-state index in [2.05, 4.69) is 58.9 Å². The number of aryl methyl sites for hydroxylation is 1. The summed E-state index contributed by atoms with van der Waals surface area (Å²) in [6, 6.07) is 8.24. The van der Waals surface area contributed by atoms with Gasteiger partial charge >= 0.3 is 0 Å². The minimum absolute atomic E-state index is 0.242. The minimum atomic E-state index is 0.242. The summed E-state index contributed by atoms with van der Waals surface area (Å²) in [5.74, 6) is 1.27. The summed E-state index contributed by atoms with van der Waals surface area (Å²) in [7, 11) is 0. The van der Waals surface area contributed by atoms with Gasteiger partial charge in [0.05, 0.1) is 6.42 Å². The molecule has 0 heterocycles. The van der Waals surface area contributed by atoms with Crippen molar-refractivity contribution in [1.29, 1.82) is 0 Å². The summed E-state index contributed by atoms with van der Waals surface area (Å²) in [5.41, 5.74) is 2.34. The van der Waals surface area contributed by atoms with Crippen LogP contribution in [0.25, 0.3) is 0 Å². The van der Waals surface area contributed by atoms with Gasteiger partial charge in [0, 0.05) is 13.1 Å². The molecule has 0 aromatic heterocycles. The maximum atomic E-state index is 12.4. The van der Waals surface area contributed by atoms with Crippen LogP contribution in [0.2, 0.25) is 0 Å². The standard InChI is InChI=1S/C17H27NO/c1-13(2)11-18(12-14(3)4)17(19)10-16-8-6-15(5)7-9-16/h6-9,13-14H,10-12H2,1-5H3. The van der Waals surface area contributed by atoms with Crippen molar-refractivity contribution in [3.05, 3.63) is 35.4 Å². The molecule has 0 aliphatic heterocycles. The number of nitrogens with zero attached hydrogens (tertiary/aromatic N) is 1. The Kier molecular flexibility index (Phi) is 6.07. The quantitative estimate of drug-likeness (QED) is 0.765. The SMILES string of the molecule is Cc1ccc(CC(=O)N(CC(C)C)CC(C)C)cc1. The lowest BCUT2D eigenvalue weighted by Gasteiger charge is -2.26. The molecule has 1 amide bonds. The fourth-order valence-corrected chi connectivity index (χ4v) is 2.15. The molecule has 0 saturated carbocycles. The van der Waals surface area contributed by atoms with Crippen LogP contribution >= 0.6 is 0 Å². The van der Waals surface area contributed by atoms with Crippen LogP contribution in [0.5, 0.6) is 0 Å². The Morgan fingerprint density at radius 1 is 1.00 bits per heavy atom. The smallest absolute Gasteiger partial charge is 0.227 e. The molecule has 1 rings (SSSR count). The van der Waals surface area contributed by atoms with Gasteiger partial charge < -0.3 is 4.90 Å². The number of carbonyl (C=O) groups is 1. The zero-order valence-corrected chi connectivity index (χ0v) is 12.9. The third-order valence-electron chi connectivity index (χ3n) is 3.00. The van der Waals surface area contributed by atoms with Crippen molar-refractivity contribution < 1.29 is 4.79 Å². The van der Waals surface area contributed by atoms with Gasteiger partial charge in [-0.1, -0.05) is 57.5 Å². The van der Waals surface area contributed by atoms with Gasteiger partial charge in [-0.25, -0.2) is 0 Å². The molecule has 1 aromatic rings. The first kappa shape index (κ1) is 15.7. The Bertz CT molecular complexity index is 382. The Balaban J connectivity index is 2.67. The molecule has 0 aliphatic carbocycles. The van der Waals surface area contributed by atoms with E-state index in [0.717, 1.165) is 18.7 Å². The highest BCUT2D eigenvalue weighted by molar-refractivity contribution is 5.78. The fourth-order valence-electron chi connectivity index (χ4n) is 2.15. The predicted molar refractivity (Wildman–Crippen MR) is 81.1 cm³/mol. The van der Waals surface area contributed by atoms with Gasteiger partial charge in [0.1, 0.15) is 0 Å². The van der Waals surface area contributed by atoms with Crippen molar-refractivity contribution in [3.63, 3.8) is 0 Å². The molecular formula is C17H27NO. The highest BCUT2D eigenvalue weighted by Gasteiger charge is 2.16. The Morgan fingerprint density at radius 3 is 1.89 bits per heavy atom. The molecule has 0 spiro atoms.